The number of carbonyl (C=O) groups excluding carboxylic acids is 2. The van der Waals surface area contributed by atoms with E-state index in [4.69, 9.17) is 4.42 Å². The van der Waals surface area contributed by atoms with Gasteiger partial charge in [0.2, 0.25) is 0 Å². The molecule has 31 heavy (non-hydrogen) atoms. The van der Waals surface area contributed by atoms with E-state index >= 15 is 0 Å². The maximum absolute atomic E-state index is 12.2. The number of carbonyl (C=O) groups is 2. The molecule has 162 valence electrons. The molecule has 1 aliphatic heterocycles. The largest absolute Gasteiger partial charge is 0.423 e. The minimum Gasteiger partial charge on any atom is -0.423 e. The molecule has 0 aliphatic carbocycles. The summed E-state index contributed by atoms with van der Waals surface area (Å²) in [4.78, 5) is 33.0. The highest BCUT2D eigenvalue weighted by molar-refractivity contribution is 6.39. The number of hydrogen-bond donors (Lipinski definition) is 2. The van der Waals surface area contributed by atoms with Crippen molar-refractivity contribution in [2.45, 2.75) is 12.8 Å². The van der Waals surface area contributed by atoms with Gasteiger partial charge in [-0.3, -0.25) is 9.59 Å². The molecule has 1 aliphatic rings. The molecule has 2 amide bonds. The summed E-state index contributed by atoms with van der Waals surface area (Å²) in [6.07, 6.45) is 1.79. The summed E-state index contributed by atoms with van der Waals surface area (Å²) >= 11 is 0. The van der Waals surface area contributed by atoms with Gasteiger partial charge < -0.3 is 24.9 Å². The van der Waals surface area contributed by atoms with E-state index in [1.165, 1.54) is 0 Å². The molecular weight excluding hydrogens is 394 g/mol. The number of rotatable bonds is 5. The van der Waals surface area contributed by atoms with Crippen molar-refractivity contribution in [3.63, 3.8) is 0 Å². The van der Waals surface area contributed by atoms with Crippen LogP contribution >= 0.6 is 0 Å². The summed E-state index contributed by atoms with van der Waals surface area (Å²) in [6.45, 7) is 2.09. The van der Waals surface area contributed by atoms with Crippen LogP contribution in [0.15, 0.2) is 52.9 Å². The predicted molar refractivity (Wildman–Crippen MR) is 121 cm³/mol. The van der Waals surface area contributed by atoms with Gasteiger partial charge in [0, 0.05) is 45.1 Å². The summed E-state index contributed by atoms with van der Waals surface area (Å²) < 4.78 is 5.84. The molecule has 4 rings (SSSR count). The van der Waals surface area contributed by atoms with Gasteiger partial charge in [-0.25, -0.2) is 0 Å². The van der Waals surface area contributed by atoms with Gasteiger partial charge in [-0.2, -0.15) is 4.98 Å². The van der Waals surface area contributed by atoms with Gasteiger partial charge >= 0.3 is 11.8 Å². The van der Waals surface area contributed by atoms with E-state index < -0.39 is 11.8 Å². The fourth-order valence-electron chi connectivity index (χ4n) is 3.67. The number of nitrogens with one attached hydrogen (secondary N) is 2. The zero-order valence-electron chi connectivity index (χ0n) is 17.8. The standard InChI is InChI=1S/C23H27N5O3/c1-27(2)18-9-7-17(8-10-18)25-22(30)21(29)24-15-16-11-13-28(14-12-16)23-26-19-5-3-4-6-20(19)31-23/h3-10,16H,11-15H2,1-2H3,(H,24,29)(H,25,30). The summed E-state index contributed by atoms with van der Waals surface area (Å²) in [5, 5.41) is 5.40. The molecular formula is C23H27N5O3. The van der Waals surface area contributed by atoms with Gasteiger partial charge in [0.25, 0.3) is 6.01 Å². The van der Waals surface area contributed by atoms with Gasteiger partial charge in [0.15, 0.2) is 5.58 Å². The van der Waals surface area contributed by atoms with Gasteiger partial charge in [0.05, 0.1) is 0 Å². The van der Waals surface area contributed by atoms with Gasteiger partial charge in [-0.1, -0.05) is 12.1 Å². The van der Waals surface area contributed by atoms with E-state index in [2.05, 4.69) is 20.5 Å². The van der Waals surface area contributed by atoms with Crippen LogP contribution in [0.2, 0.25) is 0 Å². The summed E-state index contributed by atoms with van der Waals surface area (Å²) in [6, 6.07) is 15.7. The highest BCUT2D eigenvalue weighted by Crippen LogP contribution is 2.26. The Morgan fingerprint density at radius 1 is 1.06 bits per heavy atom. The summed E-state index contributed by atoms with van der Waals surface area (Å²) in [5.41, 5.74) is 3.26. The molecule has 1 aromatic heterocycles. The van der Waals surface area contributed by atoms with Crippen LogP contribution in [0, 0.1) is 5.92 Å². The third-order valence-electron chi connectivity index (χ3n) is 5.57. The highest BCUT2D eigenvalue weighted by atomic mass is 16.4. The van der Waals surface area contributed by atoms with Crippen LogP contribution in [0.3, 0.4) is 0 Å². The van der Waals surface area contributed by atoms with Crippen LogP contribution in [-0.2, 0) is 9.59 Å². The Morgan fingerprint density at radius 2 is 1.77 bits per heavy atom. The second kappa shape index (κ2) is 9.07. The van der Waals surface area contributed by atoms with E-state index in [0.29, 0.717) is 24.2 Å². The molecule has 2 heterocycles. The Bertz CT molecular complexity index is 1020. The topological polar surface area (TPSA) is 90.7 Å². The molecule has 0 spiro atoms. The number of para-hydroxylation sites is 2. The lowest BCUT2D eigenvalue weighted by Gasteiger charge is -2.30. The number of hydrogen-bond acceptors (Lipinski definition) is 6. The predicted octanol–water partition coefficient (Wildman–Crippen LogP) is 2.87. The van der Waals surface area contributed by atoms with Crippen molar-refractivity contribution in [3.05, 3.63) is 48.5 Å². The number of nitrogens with zero attached hydrogens (tertiary/aromatic N) is 3. The minimum absolute atomic E-state index is 0.316. The van der Waals surface area contributed by atoms with Crippen molar-refractivity contribution in [3.8, 4) is 0 Å². The maximum atomic E-state index is 12.2. The Hall–Kier alpha value is -3.55. The first kappa shape index (κ1) is 20.7. The van der Waals surface area contributed by atoms with Crippen molar-refractivity contribution < 1.29 is 14.0 Å². The summed E-state index contributed by atoms with van der Waals surface area (Å²) in [7, 11) is 3.89. The molecule has 0 atom stereocenters. The Labute approximate surface area is 181 Å². The zero-order valence-corrected chi connectivity index (χ0v) is 17.8. The van der Waals surface area contributed by atoms with Crippen molar-refractivity contribution in [2.75, 3.05) is 48.8 Å². The Morgan fingerprint density at radius 3 is 2.45 bits per heavy atom. The summed E-state index contributed by atoms with van der Waals surface area (Å²) in [5.74, 6) is -0.948. The lowest BCUT2D eigenvalue weighted by molar-refractivity contribution is -0.136. The second-order valence-electron chi connectivity index (χ2n) is 8.00. The Balaban J connectivity index is 1.22. The van der Waals surface area contributed by atoms with Crippen LogP contribution < -0.4 is 20.4 Å². The van der Waals surface area contributed by atoms with Gasteiger partial charge in [0.1, 0.15) is 5.52 Å². The quantitative estimate of drug-likeness (QED) is 0.616. The lowest BCUT2D eigenvalue weighted by Crippen LogP contribution is -2.41. The van der Waals surface area contributed by atoms with Crippen molar-refractivity contribution in [2.24, 2.45) is 5.92 Å². The molecule has 2 N–H and O–H groups in total. The molecule has 3 aromatic rings. The van der Waals surface area contributed by atoms with Gasteiger partial charge in [-0.05, 0) is 55.2 Å². The minimum atomic E-state index is -0.651. The molecule has 0 bridgehead atoms. The van der Waals surface area contributed by atoms with Crippen LogP contribution in [0.1, 0.15) is 12.8 Å². The number of anilines is 3. The van der Waals surface area contributed by atoms with Crippen molar-refractivity contribution in [1.82, 2.24) is 10.3 Å². The average Bonchev–Trinajstić information content (AvgIpc) is 3.22. The number of benzene rings is 2. The molecule has 1 saturated heterocycles. The van der Waals surface area contributed by atoms with Gasteiger partial charge in [-0.15, -0.1) is 0 Å². The SMILES string of the molecule is CN(C)c1ccc(NC(=O)C(=O)NCC2CCN(c3nc4ccccc4o3)CC2)cc1. The average molecular weight is 422 g/mol. The first-order valence-electron chi connectivity index (χ1n) is 10.5. The van der Waals surface area contributed by atoms with Crippen LogP contribution in [0.4, 0.5) is 17.4 Å². The molecule has 8 heteroatoms. The van der Waals surface area contributed by atoms with E-state index in [0.717, 1.165) is 42.7 Å². The Kier molecular flexibility index (Phi) is 6.06. The third kappa shape index (κ3) is 4.96. The molecule has 0 saturated carbocycles. The monoisotopic (exact) mass is 421 g/mol. The number of oxazole rings is 1. The first-order chi connectivity index (χ1) is 15.0. The molecule has 0 radical (unpaired) electrons. The number of amides is 2. The third-order valence-corrected chi connectivity index (χ3v) is 5.57. The van der Waals surface area contributed by atoms with Crippen LogP contribution in [0.25, 0.3) is 11.1 Å². The van der Waals surface area contributed by atoms with Crippen LogP contribution in [-0.4, -0.2) is 50.5 Å². The number of piperidine rings is 1. The fourth-order valence-corrected chi connectivity index (χ4v) is 3.67. The fraction of sp³-hybridized carbons (Fsp3) is 0.348. The number of fused-ring (bicyclic) bond motifs is 1. The van der Waals surface area contributed by atoms with Crippen LogP contribution in [0.5, 0.6) is 0 Å². The number of aromatic nitrogens is 1. The van der Waals surface area contributed by atoms with Crippen molar-refractivity contribution in [1.29, 1.82) is 0 Å². The molecule has 1 fully saturated rings. The second-order valence-corrected chi connectivity index (χ2v) is 8.00. The van der Waals surface area contributed by atoms with E-state index in [1.54, 1.807) is 12.1 Å². The highest BCUT2D eigenvalue weighted by Gasteiger charge is 2.24. The van der Waals surface area contributed by atoms with E-state index in [9.17, 15) is 9.59 Å². The van der Waals surface area contributed by atoms with Crippen molar-refractivity contribution >= 4 is 40.3 Å². The lowest BCUT2D eigenvalue weighted by atomic mass is 9.97. The normalized spacial score (nSPS) is 14.5. The molecule has 0 unspecified atom stereocenters. The van der Waals surface area contributed by atoms with E-state index in [1.807, 2.05) is 55.4 Å². The smallest absolute Gasteiger partial charge is 0.313 e. The molecule has 2 aromatic carbocycles. The van der Waals surface area contributed by atoms with E-state index in [-0.39, 0.29) is 0 Å². The zero-order chi connectivity index (χ0) is 21.8. The first-order valence-corrected chi connectivity index (χ1v) is 10.5. The molecule has 8 nitrogen and oxygen atoms in total. The maximum Gasteiger partial charge on any atom is 0.313 e.